The van der Waals surface area contributed by atoms with Gasteiger partial charge in [-0.15, -0.1) is 0 Å². The highest BCUT2D eigenvalue weighted by Crippen LogP contribution is 2.29. The monoisotopic (exact) mass is 253 g/mol. The van der Waals surface area contributed by atoms with Gasteiger partial charge in [0.25, 0.3) is 0 Å². The lowest BCUT2D eigenvalue weighted by molar-refractivity contribution is 0.389. The van der Waals surface area contributed by atoms with Crippen LogP contribution in [-0.4, -0.2) is 35.1 Å². The molecule has 0 aliphatic heterocycles. The second kappa shape index (κ2) is 4.67. The molecule has 3 rings (SSSR count). The Morgan fingerprint density at radius 3 is 2.68 bits per heavy atom. The van der Waals surface area contributed by atoms with Gasteiger partial charge >= 0.3 is 0 Å². The predicted octanol–water partition coefficient (Wildman–Crippen LogP) is 3.06. The average molecular weight is 253 g/mol. The normalized spacial score (nSPS) is 11.8. The Kier molecular flexibility index (Phi) is 2.99. The van der Waals surface area contributed by atoms with Crippen LogP contribution in [0.1, 0.15) is 5.69 Å². The van der Waals surface area contributed by atoms with Crippen molar-refractivity contribution in [3.05, 3.63) is 42.2 Å². The van der Waals surface area contributed by atoms with E-state index in [2.05, 4.69) is 65.8 Å². The molecule has 0 spiro atoms. The summed E-state index contributed by atoms with van der Waals surface area (Å²) in [5.74, 6) is 0. The first-order valence-electron chi connectivity index (χ1n) is 6.66. The summed E-state index contributed by atoms with van der Waals surface area (Å²) in [6.07, 6.45) is 1.90. The zero-order chi connectivity index (χ0) is 13.4. The number of benzene rings is 1. The number of aromatic nitrogens is 2. The first-order valence-corrected chi connectivity index (χ1v) is 6.66. The van der Waals surface area contributed by atoms with Gasteiger partial charge in [0.2, 0.25) is 0 Å². The fourth-order valence-electron chi connectivity index (χ4n) is 2.71. The van der Waals surface area contributed by atoms with E-state index in [1.54, 1.807) is 0 Å². The topological polar surface area (TPSA) is 21.1 Å². The molecule has 0 atom stereocenters. The number of nitrogens with zero attached hydrogens (tertiary/aromatic N) is 3. The van der Waals surface area contributed by atoms with E-state index in [-0.39, 0.29) is 0 Å². The maximum atomic E-state index is 4.46. The molecule has 0 aliphatic carbocycles. The zero-order valence-electron chi connectivity index (χ0n) is 11.7. The van der Waals surface area contributed by atoms with Gasteiger partial charge in [0, 0.05) is 35.6 Å². The van der Waals surface area contributed by atoms with Crippen LogP contribution in [0.5, 0.6) is 0 Å². The fraction of sp³-hybridized carbons (Fsp3) is 0.312. The number of aryl methyl sites for hydroxylation is 1. The van der Waals surface area contributed by atoms with Crippen molar-refractivity contribution in [2.45, 2.75) is 13.5 Å². The van der Waals surface area contributed by atoms with Crippen molar-refractivity contribution < 1.29 is 0 Å². The van der Waals surface area contributed by atoms with E-state index < -0.39 is 0 Å². The predicted molar refractivity (Wildman–Crippen MR) is 80.5 cm³/mol. The van der Waals surface area contributed by atoms with Gasteiger partial charge in [-0.05, 0) is 33.2 Å². The SMILES string of the molecule is Cc1nccc2c3ccccc3n(CCN(C)C)c12. The first-order chi connectivity index (χ1) is 9.18. The van der Waals surface area contributed by atoms with E-state index in [1.807, 2.05) is 6.20 Å². The van der Waals surface area contributed by atoms with Crippen molar-refractivity contribution in [3.63, 3.8) is 0 Å². The number of likely N-dealkylation sites (N-methyl/N-ethyl adjacent to an activating group) is 1. The molecular formula is C16H19N3. The van der Waals surface area contributed by atoms with Gasteiger partial charge in [-0.2, -0.15) is 0 Å². The third-order valence-electron chi connectivity index (χ3n) is 3.63. The molecule has 0 unspecified atom stereocenters. The maximum Gasteiger partial charge on any atom is 0.0708 e. The molecule has 0 N–H and O–H groups in total. The summed E-state index contributed by atoms with van der Waals surface area (Å²) in [4.78, 5) is 6.67. The largest absolute Gasteiger partial charge is 0.338 e. The van der Waals surface area contributed by atoms with Crippen LogP contribution in [0.3, 0.4) is 0 Å². The third kappa shape index (κ3) is 2.00. The van der Waals surface area contributed by atoms with Crippen LogP contribution in [-0.2, 0) is 6.54 Å². The molecule has 19 heavy (non-hydrogen) atoms. The lowest BCUT2D eigenvalue weighted by Gasteiger charge is -2.13. The van der Waals surface area contributed by atoms with E-state index in [1.165, 1.54) is 21.8 Å². The highest BCUT2D eigenvalue weighted by molar-refractivity contribution is 6.08. The van der Waals surface area contributed by atoms with Crippen molar-refractivity contribution in [2.24, 2.45) is 0 Å². The van der Waals surface area contributed by atoms with Crippen LogP contribution in [0.4, 0.5) is 0 Å². The Bertz CT molecular complexity index is 725. The number of rotatable bonds is 3. The molecule has 2 heterocycles. The second-order valence-electron chi connectivity index (χ2n) is 5.26. The molecular weight excluding hydrogens is 234 g/mol. The van der Waals surface area contributed by atoms with E-state index in [0.29, 0.717) is 0 Å². The highest BCUT2D eigenvalue weighted by atomic mass is 15.1. The molecule has 0 radical (unpaired) electrons. The summed E-state index contributed by atoms with van der Waals surface area (Å²) < 4.78 is 2.40. The number of para-hydroxylation sites is 1. The van der Waals surface area contributed by atoms with Gasteiger partial charge in [-0.1, -0.05) is 18.2 Å². The van der Waals surface area contributed by atoms with Gasteiger partial charge in [-0.3, -0.25) is 4.98 Å². The minimum Gasteiger partial charge on any atom is -0.338 e. The minimum atomic E-state index is 0.990. The van der Waals surface area contributed by atoms with Crippen LogP contribution in [0.25, 0.3) is 21.8 Å². The van der Waals surface area contributed by atoms with Crippen molar-refractivity contribution in [2.75, 3.05) is 20.6 Å². The quantitative estimate of drug-likeness (QED) is 0.715. The highest BCUT2D eigenvalue weighted by Gasteiger charge is 2.12. The molecule has 0 saturated heterocycles. The molecule has 0 aliphatic rings. The van der Waals surface area contributed by atoms with Crippen LogP contribution < -0.4 is 0 Å². The first kappa shape index (κ1) is 12.2. The van der Waals surface area contributed by atoms with Gasteiger partial charge in [0.1, 0.15) is 0 Å². The Balaban J connectivity index is 2.31. The van der Waals surface area contributed by atoms with E-state index in [0.717, 1.165) is 18.8 Å². The van der Waals surface area contributed by atoms with E-state index in [9.17, 15) is 0 Å². The van der Waals surface area contributed by atoms with Crippen molar-refractivity contribution in [1.82, 2.24) is 14.5 Å². The van der Waals surface area contributed by atoms with E-state index >= 15 is 0 Å². The Morgan fingerprint density at radius 2 is 1.89 bits per heavy atom. The molecule has 0 bridgehead atoms. The molecule has 3 aromatic rings. The summed E-state index contributed by atoms with van der Waals surface area (Å²) in [6.45, 7) is 4.11. The van der Waals surface area contributed by atoms with E-state index in [4.69, 9.17) is 0 Å². The summed E-state index contributed by atoms with van der Waals surface area (Å²) in [6, 6.07) is 10.7. The minimum absolute atomic E-state index is 0.990. The van der Waals surface area contributed by atoms with Crippen molar-refractivity contribution in [3.8, 4) is 0 Å². The molecule has 98 valence electrons. The van der Waals surface area contributed by atoms with Crippen LogP contribution in [0.15, 0.2) is 36.5 Å². The lowest BCUT2D eigenvalue weighted by Crippen LogP contribution is -2.18. The molecule has 0 saturated carbocycles. The summed E-state index contributed by atoms with van der Waals surface area (Å²) >= 11 is 0. The van der Waals surface area contributed by atoms with Crippen LogP contribution in [0, 0.1) is 6.92 Å². The van der Waals surface area contributed by atoms with Crippen LogP contribution in [0.2, 0.25) is 0 Å². The van der Waals surface area contributed by atoms with Gasteiger partial charge in [0.15, 0.2) is 0 Å². The summed E-state index contributed by atoms with van der Waals surface area (Å²) in [5, 5.41) is 2.63. The Morgan fingerprint density at radius 1 is 1.11 bits per heavy atom. The van der Waals surface area contributed by atoms with Gasteiger partial charge in [0.05, 0.1) is 11.2 Å². The number of hydrogen-bond donors (Lipinski definition) is 0. The molecule has 2 aromatic heterocycles. The standard InChI is InChI=1S/C16H19N3/c1-12-16-14(8-9-17-12)13-6-4-5-7-15(13)19(16)11-10-18(2)3/h4-9H,10-11H2,1-3H3. The third-order valence-corrected chi connectivity index (χ3v) is 3.63. The van der Waals surface area contributed by atoms with Gasteiger partial charge in [-0.25, -0.2) is 0 Å². The smallest absolute Gasteiger partial charge is 0.0708 e. The second-order valence-corrected chi connectivity index (χ2v) is 5.26. The molecule has 3 heteroatoms. The summed E-state index contributed by atoms with van der Waals surface area (Å²) in [7, 11) is 4.22. The molecule has 0 fully saturated rings. The zero-order valence-corrected chi connectivity index (χ0v) is 11.7. The van der Waals surface area contributed by atoms with Crippen LogP contribution >= 0.6 is 0 Å². The summed E-state index contributed by atoms with van der Waals surface area (Å²) in [5.41, 5.74) is 3.67. The average Bonchev–Trinajstić information content (AvgIpc) is 2.72. The fourth-order valence-corrected chi connectivity index (χ4v) is 2.71. The number of pyridine rings is 1. The maximum absolute atomic E-state index is 4.46. The molecule has 1 aromatic carbocycles. The number of fused-ring (bicyclic) bond motifs is 3. The molecule has 3 nitrogen and oxygen atoms in total. The Hall–Kier alpha value is -1.87. The van der Waals surface area contributed by atoms with Crippen molar-refractivity contribution >= 4 is 21.8 Å². The van der Waals surface area contributed by atoms with Crippen molar-refractivity contribution in [1.29, 1.82) is 0 Å². The Labute approximate surface area is 113 Å². The molecule has 0 amide bonds. The lowest BCUT2D eigenvalue weighted by atomic mass is 10.2. The number of hydrogen-bond acceptors (Lipinski definition) is 2. The van der Waals surface area contributed by atoms with Gasteiger partial charge < -0.3 is 9.47 Å².